The van der Waals surface area contributed by atoms with Crippen molar-refractivity contribution in [2.24, 2.45) is 11.8 Å². The Labute approximate surface area is 183 Å². The number of anilines is 1. The maximum atomic E-state index is 13.9. The number of hydrogen-bond donors (Lipinski definition) is 1. The van der Waals surface area contributed by atoms with E-state index in [2.05, 4.69) is 27.4 Å². The number of halogens is 1. The molecule has 4 rings (SSSR count). The molecule has 31 heavy (non-hydrogen) atoms. The summed E-state index contributed by atoms with van der Waals surface area (Å²) in [6, 6.07) is 8.73. The molecular weight excluding hydrogens is 391 g/mol. The molecule has 1 aliphatic carbocycles. The zero-order valence-corrected chi connectivity index (χ0v) is 18.2. The maximum Gasteiger partial charge on any atom is 0.223 e. The molecule has 1 amide bonds. The summed E-state index contributed by atoms with van der Waals surface area (Å²) in [5.74, 6) is 2.47. The molecule has 2 heterocycles. The molecule has 1 aromatic carbocycles. The first-order valence-electron chi connectivity index (χ1n) is 11.3. The van der Waals surface area contributed by atoms with Crippen LogP contribution in [-0.2, 0) is 17.8 Å². The Bertz CT molecular complexity index is 937. The van der Waals surface area contributed by atoms with E-state index in [4.69, 9.17) is 0 Å². The van der Waals surface area contributed by atoms with E-state index in [0.29, 0.717) is 42.1 Å². The number of benzene rings is 1. The smallest absolute Gasteiger partial charge is 0.223 e. The molecule has 1 N–H and O–H groups in total. The van der Waals surface area contributed by atoms with Crippen LogP contribution in [-0.4, -0.2) is 33.9 Å². The van der Waals surface area contributed by atoms with Gasteiger partial charge in [0.25, 0.3) is 0 Å². The number of piperidine rings is 1. The quantitative estimate of drug-likeness (QED) is 0.659. The van der Waals surface area contributed by atoms with Gasteiger partial charge in [0.1, 0.15) is 17.5 Å². The predicted molar refractivity (Wildman–Crippen MR) is 120 cm³/mol. The number of likely N-dealkylation sites (tertiary alicyclic amines) is 1. The van der Waals surface area contributed by atoms with E-state index in [1.54, 1.807) is 12.1 Å². The molecule has 2 aromatic rings. The van der Waals surface area contributed by atoms with Gasteiger partial charge in [-0.15, -0.1) is 0 Å². The van der Waals surface area contributed by atoms with Gasteiger partial charge >= 0.3 is 0 Å². The second-order valence-corrected chi connectivity index (χ2v) is 8.73. The van der Waals surface area contributed by atoms with Crippen LogP contribution in [0.3, 0.4) is 0 Å². The maximum absolute atomic E-state index is 13.9. The van der Waals surface area contributed by atoms with Crippen molar-refractivity contribution in [1.82, 2.24) is 14.9 Å². The summed E-state index contributed by atoms with van der Waals surface area (Å²) in [4.78, 5) is 23.7. The van der Waals surface area contributed by atoms with Gasteiger partial charge in [-0.3, -0.25) is 4.79 Å². The Morgan fingerprint density at radius 1 is 1.19 bits per heavy atom. The molecule has 0 bridgehead atoms. The molecule has 5 nitrogen and oxygen atoms in total. The van der Waals surface area contributed by atoms with Crippen LogP contribution in [0.5, 0.6) is 0 Å². The van der Waals surface area contributed by atoms with Gasteiger partial charge in [0.2, 0.25) is 5.91 Å². The highest BCUT2D eigenvalue weighted by Crippen LogP contribution is 2.25. The lowest BCUT2D eigenvalue weighted by atomic mass is 9.91. The van der Waals surface area contributed by atoms with Gasteiger partial charge in [-0.1, -0.05) is 30.4 Å². The van der Waals surface area contributed by atoms with Crippen molar-refractivity contribution in [3.63, 3.8) is 0 Å². The minimum atomic E-state index is -0.216. The second-order valence-electron chi connectivity index (χ2n) is 8.73. The summed E-state index contributed by atoms with van der Waals surface area (Å²) in [7, 11) is 0. The summed E-state index contributed by atoms with van der Waals surface area (Å²) < 4.78 is 13.9. The molecule has 0 radical (unpaired) electrons. The van der Waals surface area contributed by atoms with Gasteiger partial charge in [-0.05, 0) is 56.9 Å². The van der Waals surface area contributed by atoms with Crippen LogP contribution < -0.4 is 5.32 Å². The summed E-state index contributed by atoms with van der Waals surface area (Å²) in [5.41, 5.74) is 1.62. The van der Waals surface area contributed by atoms with Crippen LogP contribution in [0.15, 0.2) is 42.5 Å². The third-order valence-electron chi connectivity index (χ3n) is 6.32. The zero-order valence-electron chi connectivity index (χ0n) is 18.2. The number of aromatic nitrogens is 2. The molecule has 0 saturated carbocycles. The lowest BCUT2D eigenvalue weighted by Gasteiger charge is -2.32. The molecule has 1 saturated heterocycles. The average molecular weight is 423 g/mol. The Morgan fingerprint density at radius 3 is 2.74 bits per heavy atom. The first-order chi connectivity index (χ1) is 15.1. The molecule has 1 aliphatic heterocycles. The van der Waals surface area contributed by atoms with E-state index >= 15 is 0 Å². The molecule has 164 valence electrons. The Kier molecular flexibility index (Phi) is 6.95. The molecule has 2 aliphatic rings. The highest BCUT2D eigenvalue weighted by atomic mass is 19.1. The predicted octanol–water partition coefficient (Wildman–Crippen LogP) is 4.67. The van der Waals surface area contributed by atoms with Crippen molar-refractivity contribution in [3.8, 4) is 0 Å². The lowest BCUT2D eigenvalue weighted by Crippen LogP contribution is -2.39. The van der Waals surface area contributed by atoms with E-state index in [0.717, 1.165) is 56.7 Å². The van der Waals surface area contributed by atoms with Crippen LogP contribution >= 0.6 is 0 Å². The minimum absolute atomic E-state index is 0.216. The minimum Gasteiger partial charge on any atom is -0.366 e. The molecular formula is C25H31FN4O. The van der Waals surface area contributed by atoms with Crippen LogP contribution in [0.4, 0.5) is 10.2 Å². The topological polar surface area (TPSA) is 58.1 Å². The fourth-order valence-electron chi connectivity index (χ4n) is 4.55. The van der Waals surface area contributed by atoms with E-state index in [-0.39, 0.29) is 5.82 Å². The summed E-state index contributed by atoms with van der Waals surface area (Å²) >= 11 is 0. The number of carbonyl (C=O) groups is 1. The van der Waals surface area contributed by atoms with Crippen LogP contribution in [0.25, 0.3) is 0 Å². The van der Waals surface area contributed by atoms with Gasteiger partial charge in [0, 0.05) is 43.4 Å². The number of nitrogens with zero attached hydrogens (tertiary/aromatic N) is 3. The van der Waals surface area contributed by atoms with Gasteiger partial charge < -0.3 is 10.2 Å². The summed E-state index contributed by atoms with van der Waals surface area (Å²) in [5, 5.41) is 3.23. The SMILES string of the molecule is Cc1nc(CC2CCN(C(=O)CC3C=CCC3)CC2)cc(NCc2ccccc2F)n1. The molecule has 1 fully saturated rings. The average Bonchev–Trinajstić information content (AvgIpc) is 3.26. The van der Waals surface area contributed by atoms with Crippen molar-refractivity contribution in [2.45, 2.75) is 52.0 Å². The Morgan fingerprint density at radius 2 is 2.00 bits per heavy atom. The zero-order chi connectivity index (χ0) is 21.6. The number of amides is 1. The van der Waals surface area contributed by atoms with E-state index in [9.17, 15) is 9.18 Å². The number of rotatable bonds is 7. The number of allylic oxidation sites excluding steroid dienone is 2. The monoisotopic (exact) mass is 422 g/mol. The van der Waals surface area contributed by atoms with Gasteiger partial charge in [0.05, 0.1) is 0 Å². The molecule has 1 atom stereocenters. The van der Waals surface area contributed by atoms with Crippen LogP contribution in [0.2, 0.25) is 0 Å². The molecule has 6 heteroatoms. The third-order valence-corrected chi connectivity index (χ3v) is 6.32. The first kappa shape index (κ1) is 21.5. The van der Waals surface area contributed by atoms with Gasteiger partial charge in [-0.2, -0.15) is 0 Å². The summed E-state index contributed by atoms with van der Waals surface area (Å²) in [6.45, 7) is 3.94. The summed E-state index contributed by atoms with van der Waals surface area (Å²) in [6.07, 6.45) is 10.2. The first-order valence-corrected chi connectivity index (χ1v) is 11.3. The fourth-order valence-corrected chi connectivity index (χ4v) is 4.55. The number of aryl methyl sites for hydroxylation is 1. The fraction of sp³-hybridized carbons (Fsp3) is 0.480. The van der Waals surface area contributed by atoms with Crippen molar-refractivity contribution < 1.29 is 9.18 Å². The van der Waals surface area contributed by atoms with Crippen molar-refractivity contribution in [2.75, 3.05) is 18.4 Å². The van der Waals surface area contributed by atoms with Crippen molar-refractivity contribution in [3.05, 3.63) is 65.4 Å². The molecule has 0 spiro atoms. The molecule has 1 aromatic heterocycles. The number of hydrogen-bond acceptors (Lipinski definition) is 4. The van der Waals surface area contributed by atoms with Gasteiger partial charge in [0.15, 0.2) is 0 Å². The Hall–Kier alpha value is -2.76. The number of nitrogens with one attached hydrogen (secondary N) is 1. The second kappa shape index (κ2) is 10.0. The third kappa shape index (κ3) is 5.90. The largest absolute Gasteiger partial charge is 0.366 e. The van der Waals surface area contributed by atoms with E-state index in [1.165, 1.54) is 6.07 Å². The van der Waals surface area contributed by atoms with Crippen molar-refractivity contribution >= 4 is 11.7 Å². The van der Waals surface area contributed by atoms with E-state index < -0.39 is 0 Å². The molecule has 1 unspecified atom stereocenters. The van der Waals surface area contributed by atoms with Gasteiger partial charge in [-0.25, -0.2) is 14.4 Å². The van der Waals surface area contributed by atoms with E-state index in [1.807, 2.05) is 24.0 Å². The highest BCUT2D eigenvalue weighted by Gasteiger charge is 2.25. The normalized spacial score (nSPS) is 19.0. The standard InChI is InChI=1S/C25H31FN4O/c1-18-28-22(16-24(29-18)27-17-21-8-4-5-9-23(21)26)14-20-10-12-30(13-11-20)25(31)15-19-6-2-3-7-19/h2,4-6,8-9,16,19-20H,3,7,10-15,17H2,1H3,(H,27,28,29). The van der Waals surface area contributed by atoms with Crippen LogP contribution in [0, 0.1) is 24.6 Å². The lowest BCUT2D eigenvalue weighted by molar-refractivity contribution is -0.133. The van der Waals surface area contributed by atoms with Crippen LogP contribution in [0.1, 0.15) is 49.2 Å². The highest BCUT2D eigenvalue weighted by molar-refractivity contribution is 5.76. The van der Waals surface area contributed by atoms with Crippen molar-refractivity contribution in [1.29, 1.82) is 0 Å². The Balaban J connectivity index is 1.29. The number of carbonyl (C=O) groups excluding carboxylic acids is 1.